The summed E-state index contributed by atoms with van der Waals surface area (Å²) in [5.41, 5.74) is 1.79. The summed E-state index contributed by atoms with van der Waals surface area (Å²) in [4.78, 5) is 11.9. The number of furan rings is 1. The Morgan fingerprint density at radius 1 is 1.58 bits per heavy atom. The van der Waals surface area contributed by atoms with E-state index in [-0.39, 0.29) is 12.5 Å². The van der Waals surface area contributed by atoms with Crippen LogP contribution < -0.4 is 5.32 Å². The Morgan fingerprint density at radius 3 is 2.95 bits per heavy atom. The van der Waals surface area contributed by atoms with Crippen molar-refractivity contribution in [1.29, 1.82) is 0 Å². The molecule has 1 atom stereocenters. The predicted octanol–water partition coefficient (Wildman–Crippen LogP) is 2.68. The first-order valence-electron chi connectivity index (χ1n) is 6.19. The number of carbonyl (C=O) groups excluding carboxylic acids is 1. The molecule has 0 aliphatic rings. The van der Waals surface area contributed by atoms with Gasteiger partial charge in [0.2, 0.25) is 0 Å². The van der Waals surface area contributed by atoms with Crippen LogP contribution >= 0.6 is 11.3 Å². The molecule has 0 aromatic carbocycles. The van der Waals surface area contributed by atoms with Gasteiger partial charge in [0.15, 0.2) is 5.76 Å². The van der Waals surface area contributed by atoms with E-state index in [2.05, 4.69) is 5.32 Å². The van der Waals surface area contributed by atoms with Gasteiger partial charge in [-0.25, -0.2) is 0 Å². The highest BCUT2D eigenvalue weighted by atomic mass is 32.1. The number of nitrogens with one attached hydrogen (secondary N) is 1. The van der Waals surface area contributed by atoms with Crippen LogP contribution in [0.2, 0.25) is 0 Å². The number of aliphatic hydroxyl groups is 1. The molecular formula is C14H17NO3S. The monoisotopic (exact) mass is 279 g/mol. The lowest BCUT2D eigenvalue weighted by atomic mass is 10.2. The Hall–Kier alpha value is -1.59. The molecule has 2 aromatic heterocycles. The fourth-order valence-corrected chi connectivity index (χ4v) is 2.55. The molecular weight excluding hydrogens is 262 g/mol. The van der Waals surface area contributed by atoms with Crippen molar-refractivity contribution >= 4 is 17.2 Å². The second kappa shape index (κ2) is 6.04. The van der Waals surface area contributed by atoms with Gasteiger partial charge in [0.1, 0.15) is 5.76 Å². The van der Waals surface area contributed by atoms with Crippen molar-refractivity contribution < 1.29 is 14.3 Å². The van der Waals surface area contributed by atoms with Crippen LogP contribution in [0, 0.1) is 6.92 Å². The van der Waals surface area contributed by atoms with E-state index in [0.29, 0.717) is 5.76 Å². The van der Waals surface area contributed by atoms with E-state index in [1.54, 1.807) is 6.07 Å². The first-order chi connectivity index (χ1) is 9.11. The normalized spacial score (nSPS) is 12.4. The Kier molecular flexibility index (Phi) is 4.39. The lowest BCUT2D eigenvalue weighted by Crippen LogP contribution is -2.27. The number of carbonyl (C=O) groups is 1. The van der Waals surface area contributed by atoms with Gasteiger partial charge in [-0.15, -0.1) is 0 Å². The number of amides is 1. The molecule has 0 saturated carbocycles. The van der Waals surface area contributed by atoms with Crippen LogP contribution in [-0.2, 0) is 6.42 Å². The third-order valence-electron chi connectivity index (χ3n) is 2.95. The molecule has 0 bridgehead atoms. The van der Waals surface area contributed by atoms with E-state index in [4.69, 9.17) is 4.42 Å². The second-order valence-electron chi connectivity index (χ2n) is 4.35. The van der Waals surface area contributed by atoms with Gasteiger partial charge in [0.25, 0.3) is 5.91 Å². The molecule has 0 aliphatic carbocycles. The Bertz CT molecular complexity index is 545. The number of rotatable bonds is 5. The van der Waals surface area contributed by atoms with Crippen molar-refractivity contribution in [3.63, 3.8) is 0 Å². The van der Waals surface area contributed by atoms with Crippen molar-refractivity contribution in [2.45, 2.75) is 26.4 Å². The smallest absolute Gasteiger partial charge is 0.287 e. The average Bonchev–Trinajstić information content (AvgIpc) is 3.04. The Labute approximate surface area is 116 Å². The molecule has 0 fully saturated rings. The highest BCUT2D eigenvalue weighted by molar-refractivity contribution is 7.07. The maximum atomic E-state index is 11.9. The topological polar surface area (TPSA) is 62.5 Å². The molecule has 19 heavy (non-hydrogen) atoms. The van der Waals surface area contributed by atoms with Gasteiger partial charge in [-0.1, -0.05) is 6.92 Å². The van der Waals surface area contributed by atoms with Gasteiger partial charge in [0.05, 0.1) is 6.10 Å². The predicted molar refractivity (Wildman–Crippen MR) is 74.4 cm³/mol. The summed E-state index contributed by atoms with van der Waals surface area (Å²) in [6.45, 7) is 4.07. The van der Waals surface area contributed by atoms with Gasteiger partial charge >= 0.3 is 0 Å². The van der Waals surface area contributed by atoms with Gasteiger partial charge in [-0.3, -0.25) is 4.79 Å². The number of hydrogen-bond acceptors (Lipinski definition) is 4. The Balaban J connectivity index is 1.94. The van der Waals surface area contributed by atoms with Crippen molar-refractivity contribution in [2.24, 2.45) is 0 Å². The lowest BCUT2D eigenvalue weighted by molar-refractivity contribution is 0.0887. The number of aliphatic hydroxyl groups excluding tert-OH is 1. The minimum Gasteiger partial charge on any atom is -0.456 e. The highest BCUT2D eigenvalue weighted by Crippen LogP contribution is 2.17. The largest absolute Gasteiger partial charge is 0.456 e. The van der Waals surface area contributed by atoms with Gasteiger partial charge in [-0.05, 0) is 40.9 Å². The maximum absolute atomic E-state index is 11.9. The SMILES string of the molecule is CCc1oc(C(=O)NCC(O)c2ccsc2)cc1C. The molecule has 0 radical (unpaired) electrons. The van der Waals surface area contributed by atoms with E-state index < -0.39 is 6.10 Å². The quantitative estimate of drug-likeness (QED) is 0.884. The van der Waals surface area contributed by atoms with Gasteiger partial charge in [0, 0.05) is 13.0 Å². The zero-order chi connectivity index (χ0) is 13.8. The zero-order valence-corrected chi connectivity index (χ0v) is 11.8. The standard InChI is InChI=1S/C14H17NO3S/c1-3-12-9(2)6-13(18-12)14(17)15-7-11(16)10-4-5-19-8-10/h4-6,8,11,16H,3,7H2,1-2H3,(H,15,17). The van der Waals surface area contributed by atoms with Gasteiger partial charge in [-0.2, -0.15) is 11.3 Å². The molecule has 5 heteroatoms. The maximum Gasteiger partial charge on any atom is 0.287 e. The lowest BCUT2D eigenvalue weighted by Gasteiger charge is -2.09. The third kappa shape index (κ3) is 3.24. The average molecular weight is 279 g/mol. The first-order valence-corrected chi connectivity index (χ1v) is 7.13. The molecule has 0 aliphatic heterocycles. The summed E-state index contributed by atoms with van der Waals surface area (Å²) in [6, 6.07) is 3.57. The van der Waals surface area contributed by atoms with Crippen LogP contribution in [0.25, 0.3) is 0 Å². The van der Waals surface area contributed by atoms with Crippen LogP contribution in [0.3, 0.4) is 0 Å². The van der Waals surface area contributed by atoms with Crippen molar-refractivity contribution in [3.05, 3.63) is 45.5 Å². The summed E-state index contributed by atoms with van der Waals surface area (Å²) in [5.74, 6) is 0.826. The number of thiophene rings is 1. The van der Waals surface area contributed by atoms with Crippen molar-refractivity contribution in [2.75, 3.05) is 6.54 Å². The van der Waals surface area contributed by atoms with Crippen LogP contribution in [0.5, 0.6) is 0 Å². The molecule has 4 nitrogen and oxygen atoms in total. The van der Waals surface area contributed by atoms with E-state index >= 15 is 0 Å². The summed E-state index contributed by atoms with van der Waals surface area (Å²) in [6.07, 6.45) is 0.0771. The number of aryl methyl sites for hydroxylation is 2. The van der Waals surface area contributed by atoms with Crippen LogP contribution in [-0.4, -0.2) is 17.6 Å². The molecule has 2 heterocycles. The van der Waals surface area contributed by atoms with Crippen LogP contribution in [0.1, 0.15) is 40.5 Å². The molecule has 2 N–H and O–H groups in total. The molecule has 2 aromatic rings. The summed E-state index contributed by atoms with van der Waals surface area (Å²) < 4.78 is 5.46. The van der Waals surface area contributed by atoms with Crippen LogP contribution in [0.4, 0.5) is 0 Å². The van der Waals surface area contributed by atoms with Gasteiger partial charge < -0.3 is 14.8 Å². The van der Waals surface area contributed by atoms with Crippen LogP contribution in [0.15, 0.2) is 27.3 Å². The minimum atomic E-state index is -0.683. The van der Waals surface area contributed by atoms with Crippen molar-refractivity contribution in [3.8, 4) is 0 Å². The molecule has 2 rings (SSSR count). The molecule has 102 valence electrons. The third-order valence-corrected chi connectivity index (χ3v) is 3.65. The Morgan fingerprint density at radius 2 is 2.37 bits per heavy atom. The molecule has 0 spiro atoms. The highest BCUT2D eigenvalue weighted by Gasteiger charge is 2.15. The van der Waals surface area contributed by atoms with E-state index in [0.717, 1.165) is 23.3 Å². The summed E-state index contributed by atoms with van der Waals surface area (Å²) in [5, 5.41) is 16.3. The minimum absolute atomic E-state index is 0.177. The van der Waals surface area contributed by atoms with E-state index in [1.807, 2.05) is 30.7 Å². The van der Waals surface area contributed by atoms with E-state index in [1.165, 1.54) is 11.3 Å². The summed E-state index contributed by atoms with van der Waals surface area (Å²) >= 11 is 1.52. The zero-order valence-electron chi connectivity index (χ0n) is 11.0. The fraction of sp³-hybridized carbons (Fsp3) is 0.357. The van der Waals surface area contributed by atoms with Crippen molar-refractivity contribution in [1.82, 2.24) is 5.32 Å². The van der Waals surface area contributed by atoms with E-state index in [9.17, 15) is 9.90 Å². The molecule has 0 saturated heterocycles. The summed E-state index contributed by atoms with van der Waals surface area (Å²) in [7, 11) is 0. The number of hydrogen-bond donors (Lipinski definition) is 2. The first kappa shape index (κ1) is 13.8. The molecule has 1 unspecified atom stereocenters. The fourth-order valence-electron chi connectivity index (χ4n) is 1.84. The second-order valence-corrected chi connectivity index (χ2v) is 5.13. The molecule has 1 amide bonds.